The standard InChI is InChI=1S/C10H6F3N3O2S/c11-7-1-5(2-8(12)9(7)13)10-15-3-6(4-16-10)19(14,17)18/h1-4H,(H2,14,17,18). The number of hydrogen-bond acceptors (Lipinski definition) is 4. The smallest absolute Gasteiger partial charge is 0.235 e. The molecule has 0 aliphatic carbocycles. The second-order valence-corrected chi connectivity index (χ2v) is 5.10. The molecule has 2 N–H and O–H groups in total. The van der Waals surface area contributed by atoms with Crippen molar-refractivity contribution in [1.29, 1.82) is 0 Å². The third kappa shape index (κ3) is 2.71. The van der Waals surface area contributed by atoms with Crippen LogP contribution in [0.3, 0.4) is 0 Å². The molecular weight excluding hydrogens is 283 g/mol. The maximum absolute atomic E-state index is 13.0. The van der Waals surface area contributed by atoms with Gasteiger partial charge in [-0.1, -0.05) is 0 Å². The highest BCUT2D eigenvalue weighted by Crippen LogP contribution is 2.20. The highest BCUT2D eigenvalue weighted by atomic mass is 32.2. The van der Waals surface area contributed by atoms with Crippen molar-refractivity contribution in [1.82, 2.24) is 9.97 Å². The van der Waals surface area contributed by atoms with Crippen molar-refractivity contribution in [2.75, 3.05) is 0 Å². The lowest BCUT2D eigenvalue weighted by Gasteiger charge is -2.03. The van der Waals surface area contributed by atoms with Crippen LogP contribution in [0.15, 0.2) is 29.4 Å². The van der Waals surface area contributed by atoms with Gasteiger partial charge in [-0.05, 0) is 12.1 Å². The highest BCUT2D eigenvalue weighted by Gasteiger charge is 2.14. The summed E-state index contributed by atoms with van der Waals surface area (Å²) in [6.07, 6.45) is 1.77. The molecule has 5 nitrogen and oxygen atoms in total. The predicted molar refractivity (Wildman–Crippen MR) is 58.7 cm³/mol. The summed E-state index contributed by atoms with van der Waals surface area (Å²) < 4.78 is 60.7. The Morgan fingerprint density at radius 1 is 1.00 bits per heavy atom. The van der Waals surface area contributed by atoms with E-state index in [0.29, 0.717) is 12.1 Å². The van der Waals surface area contributed by atoms with E-state index in [4.69, 9.17) is 5.14 Å². The number of hydrogen-bond donors (Lipinski definition) is 1. The second-order valence-electron chi connectivity index (χ2n) is 3.54. The van der Waals surface area contributed by atoms with Crippen molar-refractivity contribution in [2.45, 2.75) is 4.90 Å². The molecule has 0 aliphatic heterocycles. The van der Waals surface area contributed by atoms with Gasteiger partial charge in [0.25, 0.3) is 0 Å². The van der Waals surface area contributed by atoms with Gasteiger partial charge in [-0.25, -0.2) is 36.7 Å². The van der Waals surface area contributed by atoms with E-state index in [1.54, 1.807) is 0 Å². The van der Waals surface area contributed by atoms with Crippen molar-refractivity contribution >= 4 is 10.0 Å². The molecule has 0 unspecified atom stereocenters. The van der Waals surface area contributed by atoms with E-state index in [1.807, 2.05) is 0 Å². The molecule has 0 saturated heterocycles. The zero-order chi connectivity index (χ0) is 14.2. The van der Waals surface area contributed by atoms with Gasteiger partial charge in [0.15, 0.2) is 23.3 Å². The van der Waals surface area contributed by atoms with E-state index in [9.17, 15) is 21.6 Å². The molecule has 0 radical (unpaired) electrons. The fraction of sp³-hybridized carbons (Fsp3) is 0. The largest absolute Gasteiger partial charge is 0.241 e. The average molecular weight is 289 g/mol. The minimum Gasteiger partial charge on any atom is -0.235 e. The van der Waals surface area contributed by atoms with Crippen LogP contribution < -0.4 is 5.14 Å². The van der Waals surface area contributed by atoms with E-state index < -0.39 is 27.5 Å². The molecule has 0 spiro atoms. The quantitative estimate of drug-likeness (QED) is 0.842. The van der Waals surface area contributed by atoms with Gasteiger partial charge >= 0.3 is 0 Å². The zero-order valence-corrected chi connectivity index (χ0v) is 9.96. The number of aromatic nitrogens is 2. The molecule has 0 bridgehead atoms. The Hall–Kier alpha value is -2.00. The van der Waals surface area contributed by atoms with Crippen molar-refractivity contribution in [3.8, 4) is 11.4 Å². The zero-order valence-electron chi connectivity index (χ0n) is 9.14. The van der Waals surface area contributed by atoms with Gasteiger partial charge in [0.05, 0.1) is 12.4 Å². The topological polar surface area (TPSA) is 85.9 Å². The predicted octanol–water partition coefficient (Wildman–Crippen LogP) is 1.21. The molecule has 100 valence electrons. The Morgan fingerprint density at radius 2 is 1.47 bits per heavy atom. The third-order valence-corrected chi connectivity index (χ3v) is 3.07. The van der Waals surface area contributed by atoms with Crippen LogP contribution in [0.2, 0.25) is 0 Å². The SMILES string of the molecule is NS(=O)(=O)c1cnc(-c2cc(F)c(F)c(F)c2)nc1. The van der Waals surface area contributed by atoms with Crippen molar-refractivity contribution in [2.24, 2.45) is 5.14 Å². The monoisotopic (exact) mass is 289 g/mol. The third-order valence-electron chi connectivity index (χ3n) is 2.20. The lowest BCUT2D eigenvalue weighted by Crippen LogP contribution is -2.13. The van der Waals surface area contributed by atoms with Gasteiger partial charge in [0.2, 0.25) is 10.0 Å². The summed E-state index contributed by atoms with van der Waals surface area (Å²) in [7, 11) is -3.96. The Morgan fingerprint density at radius 3 is 1.89 bits per heavy atom. The van der Waals surface area contributed by atoms with E-state index >= 15 is 0 Å². The molecule has 9 heteroatoms. The maximum Gasteiger partial charge on any atom is 0.241 e. The number of halogens is 3. The minimum absolute atomic E-state index is 0.127. The molecular formula is C10H6F3N3O2S. The Labute approximate surface area is 106 Å². The number of nitrogens with two attached hydrogens (primary N) is 1. The summed E-state index contributed by atoms with van der Waals surface area (Å²) in [5.74, 6) is -4.56. The fourth-order valence-corrected chi connectivity index (χ4v) is 1.70. The van der Waals surface area contributed by atoms with Gasteiger partial charge in [0.1, 0.15) is 4.90 Å². The maximum atomic E-state index is 13.0. The number of sulfonamides is 1. The number of primary sulfonamides is 1. The normalized spacial score (nSPS) is 11.6. The first kappa shape index (κ1) is 13.4. The number of benzene rings is 1. The van der Waals surface area contributed by atoms with Crippen molar-refractivity contribution < 1.29 is 21.6 Å². The van der Waals surface area contributed by atoms with E-state index in [0.717, 1.165) is 12.4 Å². The van der Waals surface area contributed by atoms with Crippen LogP contribution in [0.4, 0.5) is 13.2 Å². The summed E-state index contributed by atoms with van der Waals surface area (Å²) in [5.41, 5.74) is -0.127. The van der Waals surface area contributed by atoms with E-state index in [-0.39, 0.29) is 16.3 Å². The van der Waals surface area contributed by atoms with Crippen molar-refractivity contribution in [3.63, 3.8) is 0 Å². The summed E-state index contributed by atoms with van der Waals surface area (Å²) in [5, 5.41) is 4.84. The van der Waals surface area contributed by atoms with E-state index in [1.165, 1.54) is 0 Å². The van der Waals surface area contributed by atoms with Gasteiger partial charge in [-0.15, -0.1) is 0 Å². The van der Waals surface area contributed by atoms with Crippen molar-refractivity contribution in [3.05, 3.63) is 42.0 Å². The van der Waals surface area contributed by atoms with Gasteiger partial charge in [-0.3, -0.25) is 0 Å². The molecule has 1 heterocycles. The number of rotatable bonds is 2. The first-order chi connectivity index (χ1) is 8.79. The number of nitrogens with zero attached hydrogens (tertiary/aromatic N) is 2. The molecule has 2 aromatic rings. The van der Waals surface area contributed by atoms with Gasteiger partial charge in [0, 0.05) is 5.56 Å². The molecule has 0 fully saturated rings. The fourth-order valence-electron chi connectivity index (χ4n) is 1.30. The first-order valence-corrected chi connectivity index (χ1v) is 6.33. The minimum atomic E-state index is -3.96. The van der Waals surface area contributed by atoms with Crippen LogP contribution in [0.1, 0.15) is 0 Å². The Balaban J connectivity index is 2.49. The highest BCUT2D eigenvalue weighted by molar-refractivity contribution is 7.89. The molecule has 0 aliphatic rings. The molecule has 0 amide bonds. The summed E-state index contributed by atoms with van der Waals surface area (Å²) >= 11 is 0. The van der Waals surface area contributed by atoms with Crippen LogP contribution in [0, 0.1) is 17.5 Å². The Kier molecular flexibility index (Phi) is 3.25. The summed E-state index contributed by atoms with van der Waals surface area (Å²) in [6.45, 7) is 0. The molecule has 1 aromatic carbocycles. The van der Waals surface area contributed by atoms with Crippen LogP contribution in [-0.2, 0) is 10.0 Å². The van der Waals surface area contributed by atoms with Gasteiger partial charge < -0.3 is 0 Å². The summed E-state index contributed by atoms with van der Waals surface area (Å²) in [6, 6.07) is 1.40. The van der Waals surface area contributed by atoms with E-state index in [2.05, 4.69) is 9.97 Å². The molecule has 0 saturated carbocycles. The molecule has 19 heavy (non-hydrogen) atoms. The Bertz CT molecular complexity index is 709. The molecule has 2 rings (SSSR count). The van der Waals surface area contributed by atoms with Crippen LogP contribution in [0.5, 0.6) is 0 Å². The lowest BCUT2D eigenvalue weighted by atomic mass is 10.2. The average Bonchev–Trinajstić information content (AvgIpc) is 2.34. The summed E-state index contributed by atoms with van der Waals surface area (Å²) in [4.78, 5) is 6.85. The first-order valence-electron chi connectivity index (χ1n) is 4.79. The van der Waals surface area contributed by atoms with Crippen LogP contribution in [-0.4, -0.2) is 18.4 Å². The van der Waals surface area contributed by atoms with Crippen LogP contribution in [0.25, 0.3) is 11.4 Å². The van der Waals surface area contributed by atoms with Gasteiger partial charge in [-0.2, -0.15) is 0 Å². The molecule has 0 atom stereocenters. The lowest BCUT2D eigenvalue weighted by molar-refractivity contribution is 0.447. The molecule has 1 aromatic heterocycles. The van der Waals surface area contributed by atoms with Crippen LogP contribution >= 0.6 is 0 Å². The second kappa shape index (κ2) is 4.59.